The summed E-state index contributed by atoms with van der Waals surface area (Å²) in [5.74, 6) is 1.35. The molecule has 19 heavy (non-hydrogen) atoms. The third-order valence-corrected chi connectivity index (χ3v) is 4.33. The molecule has 0 aliphatic rings. The molecule has 0 aliphatic heterocycles. The van der Waals surface area contributed by atoms with Gasteiger partial charge in [0.05, 0.1) is 16.4 Å². The van der Waals surface area contributed by atoms with Crippen molar-refractivity contribution in [3.8, 4) is 0 Å². The van der Waals surface area contributed by atoms with Gasteiger partial charge in [-0.1, -0.05) is 11.6 Å². The molecule has 2 rings (SSSR count). The summed E-state index contributed by atoms with van der Waals surface area (Å²) < 4.78 is 13.5. The first-order valence-corrected chi connectivity index (χ1v) is 8.55. The fourth-order valence-electron chi connectivity index (χ4n) is 2.24. The predicted octanol–water partition coefficient (Wildman–Crippen LogP) is 3.93. The van der Waals surface area contributed by atoms with Crippen LogP contribution in [-0.4, -0.2) is 25.8 Å². The van der Waals surface area contributed by atoms with Crippen molar-refractivity contribution in [3.63, 3.8) is 0 Å². The maximum absolute atomic E-state index is 11.5. The van der Waals surface area contributed by atoms with Crippen LogP contribution in [0, 0.1) is 0 Å². The summed E-state index contributed by atoms with van der Waals surface area (Å²) in [6.07, 6.45) is 1.70. The van der Waals surface area contributed by atoms with E-state index in [1.807, 2.05) is 36.6 Å². The van der Waals surface area contributed by atoms with E-state index < -0.39 is 10.8 Å². The number of alkyl halides is 1. The minimum atomic E-state index is -0.875. The predicted molar refractivity (Wildman–Crippen MR) is 82.7 cm³/mol. The molecule has 0 bridgehead atoms. The molecule has 0 N–H and O–H groups in total. The monoisotopic (exact) mass is 318 g/mol. The Morgan fingerprint density at radius 1 is 1.42 bits per heavy atom. The lowest BCUT2D eigenvalue weighted by atomic mass is 10.3. The molecule has 0 aliphatic carbocycles. The molecule has 0 radical (unpaired) electrons. The molecule has 104 valence electrons. The first-order valence-electron chi connectivity index (χ1n) is 6.01. The zero-order valence-corrected chi connectivity index (χ0v) is 13.4. The van der Waals surface area contributed by atoms with Crippen molar-refractivity contribution in [2.24, 2.45) is 0 Å². The highest BCUT2D eigenvalue weighted by atomic mass is 35.5. The number of hydrogen-bond donors (Lipinski definition) is 0. The standard InChI is InChI=1S/C13H16Cl2N2OS/c1-8(7-19(3)18)17-12-6-10(15)4-5-11(12)16-13(17)9(2)14/h4-6,8-9H,7H2,1-3H3. The molecule has 0 saturated heterocycles. The molecule has 3 nitrogen and oxygen atoms in total. The van der Waals surface area contributed by atoms with Gasteiger partial charge in [-0.25, -0.2) is 4.98 Å². The van der Waals surface area contributed by atoms with Crippen molar-refractivity contribution in [1.82, 2.24) is 9.55 Å². The fourth-order valence-corrected chi connectivity index (χ4v) is 3.39. The van der Waals surface area contributed by atoms with Gasteiger partial charge < -0.3 is 4.57 Å². The molecule has 6 heteroatoms. The van der Waals surface area contributed by atoms with Crippen molar-refractivity contribution in [2.45, 2.75) is 25.3 Å². The van der Waals surface area contributed by atoms with E-state index in [-0.39, 0.29) is 11.4 Å². The Kier molecular flexibility index (Phi) is 4.54. The zero-order valence-electron chi connectivity index (χ0n) is 11.1. The van der Waals surface area contributed by atoms with Gasteiger partial charge in [-0.3, -0.25) is 4.21 Å². The summed E-state index contributed by atoms with van der Waals surface area (Å²) in [4.78, 5) is 4.56. The van der Waals surface area contributed by atoms with Gasteiger partial charge in [0.25, 0.3) is 0 Å². The molecular weight excluding hydrogens is 303 g/mol. The minimum Gasteiger partial charge on any atom is -0.323 e. The lowest BCUT2D eigenvalue weighted by Gasteiger charge is -2.17. The molecule has 1 aromatic carbocycles. The highest BCUT2D eigenvalue weighted by Crippen LogP contribution is 2.29. The Hall–Kier alpha value is -0.580. The van der Waals surface area contributed by atoms with Gasteiger partial charge in [-0.2, -0.15) is 0 Å². The van der Waals surface area contributed by atoms with Crippen LogP contribution in [-0.2, 0) is 10.8 Å². The van der Waals surface area contributed by atoms with Crippen LogP contribution in [0.1, 0.15) is 31.1 Å². The SMILES string of the molecule is CC(Cl)c1nc2ccc(Cl)cc2n1C(C)CS(C)=O. The average Bonchev–Trinajstić information content (AvgIpc) is 2.66. The number of aromatic nitrogens is 2. The van der Waals surface area contributed by atoms with Crippen LogP contribution in [0.4, 0.5) is 0 Å². The van der Waals surface area contributed by atoms with Gasteiger partial charge in [-0.15, -0.1) is 11.6 Å². The molecule has 2 aromatic rings. The first-order chi connectivity index (χ1) is 8.90. The number of rotatable bonds is 4. The van der Waals surface area contributed by atoms with E-state index >= 15 is 0 Å². The van der Waals surface area contributed by atoms with Gasteiger partial charge in [0.15, 0.2) is 0 Å². The van der Waals surface area contributed by atoms with E-state index in [2.05, 4.69) is 4.98 Å². The fraction of sp³-hybridized carbons (Fsp3) is 0.462. The van der Waals surface area contributed by atoms with Crippen molar-refractivity contribution in [2.75, 3.05) is 12.0 Å². The lowest BCUT2D eigenvalue weighted by Crippen LogP contribution is -2.15. The van der Waals surface area contributed by atoms with E-state index in [0.29, 0.717) is 10.8 Å². The van der Waals surface area contributed by atoms with Crippen LogP contribution >= 0.6 is 23.2 Å². The molecule has 1 aromatic heterocycles. The zero-order chi connectivity index (χ0) is 14.2. The van der Waals surface area contributed by atoms with Crippen molar-refractivity contribution in [3.05, 3.63) is 29.0 Å². The normalized spacial score (nSPS) is 16.5. The number of benzene rings is 1. The molecule has 1 heterocycles. The maximum Gasteiger partial charge on any atom is 0.127 e. The number of imidazole rings is 1. The van der Waals surface area contributed by atoms with Crippen LogP contribution < -0.4 is 0 Å². The summed E-state index contributed by atoms with van der Waals surface area (Å²) in [6, 6.07) is 5.63. The lowest BCUT2D eigenvalue weighted by molar-refractivity contribution is 0.583. The van der Waals surface area contributed by atoms with Crippen LogP contribution in [0.15, 0.2) is 18.2 Å². The molecule has 3 unspecified atom stereocenters. The number of fused-ring (bicyclic) bond motifs is 1. The molecule has 0 saturated carbocycles. The van der Waals surface area contributed by atoms with Crippen molar-refractivity contribution in [1.29, 1.82) is 0 Å². The van der Waals surface area contributed by atoms with Gasteiger partial charge in [0, 0.05) is 33.9 Å². The summed E-state index contributed by atoms with van der Waals surface area (Å²) in [6.45, 7) is 3.91. The van der Waals surface area contributed by atoms with Crippen molar-refractivity contribution < 1.29 is 4.21 Å². The van der Waals surface area contributed by atoms with Crippen LogP contribution in [0.3, 0.4) is 0 Å². The Morgan fingerprint density at radius 2 is 2.11 bits per heavy atom. The molecule has 0 fully saturated rings. The van der Waals surface area contributed by atoms with E-state index in [1.165, 1.54) is 0 Å². The number of nitrogens with zero attached hydrogens (tertiary/aromatic N) is 2. The largest absolute Gasteiger partial charge is 0.323 e. The van der Waals surface area contributed by atoms with E-state index in [1.54, 1.807) is 6.26 Å². The topological polar surface area (TPSA) is 34.9 Å². The number of hydrogen-bond acceptors (Lipinski definition) is 2. The van der Waals surface area contributed by atoms with E-state index in [9.17, 15) is 4.21 Å². The average molecular weight is 319 g/mol. The molecule has 0 amide bonds. The van der Waals surface area contributed by atoms with Gasteiger partial charge >= 0.3 is 0 Å². The smallest absolute Gasteiger partial charge is 0.127 e. The van der Waals surface area contributed by atoms with Crippen LogP contribution in [0.25, 0.3) is 11.0 Å². The second-order valence-corrected chi connectivity index (χ2v) is 7.25. The Balaban J connectivity index is 2.63. The number of halogens is 2. The summed E-state index contributed by atoms with van der Waals surface area (Å²) >= 11 is 12.3. The first kappa shape index (κ1) is 14.8. The molecule has 0 spiro atoms. The maximum atomic E-state index is 11.5. The van der Waals surface area contributed by atoms with E-state index in [4.69, 9.17) is 23.2 Å². The summed E-state index contributed by atoms with van der Waals surface area (Å²) in [5.41, 5.74) is 1.80. The van der Waals surface area contributed by atoms with Crippen molar-refractivity contribution >= 4 is 45.0 Å². The van der Waals surface area contributed by atoms with Crippen LogP contribution in [0.5, 0.6) is 0 Å². The molecular formula is C13H16Cl2N2OS. The van der Waals surface area contributed by atoms with Gasteiger partial charge in [0.1, 0.15) is 5.82 Å². The summed E-state index contributed by atoms with van der Waals surface area (Å²) in [5, 5.41) is 0.450. The second kappa shape index (κ2) is 5.81. The van der Waals surface area contributed by atoms with Crippen LogP contribution in [0.2, 0.25) is 5.02 Å². The Morgan fingerprint density at radius 3 is 2.68 bits per heavy atom. The second-order valence-electron chi connectivity index (χ2n) is 4.68. The minimum absolute atomic E-state index is 0.0606. The van der Waals surface area contributed by atoms with E-state index in [0.717, 1.165) is 16.9 Å². The third kappa shape index (κ3) is 3.12. The van der Waals surface area contributed by atoms with Gasteiger partial charge in [0.2, 0.25) is 0 Å². The highest BCUT2D eigenvalue weighted by Gasteiger charge is 2.19. The molecule has 3 atom stereocenters. The Labute approximate surface area is 125 Å². The quantitative estimate of drug-likeness (QED) is 0.800. The third-order valence-electron chi connectivity index (χ3n) is 2.95. The Bertz CT molecular complexity index is 624. The summed E-state index contributed by atoms with van der Waals surface area (Å²) in [7, 11) is -0.875. The van der Waals surface area contributed by atoms with Gasteiger partial charge in [-0.05, 0) is 32.0 Å². The highest BCUT2D eigenvalue weighted by molar-refractivity contribution is 7.84.